The summed E-state index contributed by atoms with van der Waals surface area (Å²) in [4.78, 5) is 15.1. The first-order valence-electron chi connectivity index (χ1n) is 7.91. The van der Waals surface area contributed by atoms with Crippen molar-refractivity contribution in [2.45, 2.75) is 64.5 Å². The molecule has 2 unspecified atom stereocenters. The Balaban J connectivity index is 1.80. The molecule has 2 heterocycles. The van der Waals surface area contributed by atoms with Gasteiger partial charge >= 0.3 is 0 Å². The van der Waals surface area contributed by atoms with E-state index in [1.54, 1.807) is 0 Å². The molecule has 2 bridgehead atoms. The molecule has 0 aromatic carbocycles. The third kappa shape index (κ3) is 2.37. The number of hydrogen-bond acceptors (Lipinski definition) is 3. The van der Waals surface area contributed by atoms with Gasteiger partial charge in [-0.05, 0) is 42.9 Å². The van der Waals surface area contributed by atoms with Crippen LogP contribution in [0.2, 0.25) is 0 Å². The SMILES string of the molecule is CC1(C)CC2CC(C)(CN2C(=O)C2(N)CCOCC2)C1. The van der Waals surface area contributed by atoms with Crippen LogP contribution in [-0.4, -0.2) is 42.1 Å². The minimum absolute atomic E-state index is 0.173. The van der Waals surface area contributed by atoms with Gasteiger partial charge in [-0.2, -0.15) is 0 Å². The van der Waals surface area contributed by atoms with E-state index in [2.05, 4.69) is 25.7 Å². The Labute approximate surface area is 122 Å². The Morgan fingerprint density at radius 3 is 2.50 bits per heavy atom. The first-order valence-corrected chi connectivity index (χ1v) is 7.91. The standard InChI is InChI=1S/C16H28N2O2/c1-14(2)8-12-9-15(3,10-14)11-18(12)13(19)16(17)4-6-20-7-5-16/h12H,4-11,17H2,1-3H3. The summed E-state index contributed by atoms with van der Waals surface area (Å²) in [6, 6.07) is 0.388. The predicted molar refractivity (Wildman–Crippen MR) is 78.2 cm³/mol. The molecule has 3 rings (SSSR count). The number of ether oxygens (including phenoxy) is 1. The number of nitrogens with zero attached hydrogens (tertiary/aromatic N) is 1. The summed E-state index contributed by atoms with van der Waals surface area (Å²) in [5, 5.41) is 0. The van der Waals surface area contributed by atoms with Crippen molar-refractivity contribution in [2.75, 3.05) is 19.8 Å². The lowest BCUT2D eigenvalue weighted by molar-refractivity contribution is -0.141. The van der Waals surface area contributed by atoms with Crippen LogP contribution in [0.4, 0.5) is 0 Å². The molecule has 0 radical (unpaired) electrons. The van der Waals surface area contributed by atoms with Crippen LogP contribution in [0.1, 0.15) is 52.9 Å². The number of likely N-dealkylation sites (tertiary alicyclic amines) is 1. The zero-order chi connectivity index (χ0) is 14.6. The third-order valence-electron chi connectivity index (χ3n) is 5.49. The molecule has 3 fully saturated rings. The van der Waals surface area contributed by atoms with Gasteiger partial charge in [-0.1, -0.05) is 20.8 Å². The molecule has 0 spiro atoms. The Morgan fingerprint density at radius 1 is 1.20 bits per heavy atom. The maximum absolute atomic E-state index is 13.0. The van der Waals surface area contributed by atoms with E-state index < -0.39 is 5.54 Å². The quantitative estimate of drug-likeness (QED) is 0.798. The number of nitrogens with two attached hydrogens (primary N) is 1. The first kappa shape index (κ1) is 14.3. The molecular weight excluding hydrogens is 252 g/mol. The molecule has 0 aromatic heterocycles. The Hall–Kier alpha value is -0.610. The van der Waals surface area contributed by atoms with Gasteiger partial charge in [-0.15, -0.1) is 0 Å². The average Bonchev–Trinajstić information content (AvgIpc) is 2.58. The highest BCUT2D eigenvalue weighted by molar-refractivity contribution is 5.87. The van der Waals surface area contributed by atoms with Crippen LogP contribution in [-0.2, 0) is 9.53 Å². The summed E-state index contributed by atoms with van der Waals surface area (Å²) in [6.45, 7) is 9.12. The summed E-state index contributed by atoms with van der Waals surface area (Å²) in [5.41, 5.74) is 6.34. The van der Waals surface area contributed by atoms with Crippen LogP contribution in [0.5, 0.6) is 0 Å². The largest absolute Gasteiger partial charge is 0.381 e. The summed E-state index contributed by atoms with van der Waals surface area (Å²) in [5.74, 6) is 0.173. The lowest BCUT2D eigenvalue weighted by atomic mass is 9.65. The number of carbonyl (C=O) groups excluding carboxylic acids is 1. The number of amides is 1. The molecule has 2 atom stereocenters. The molecule has 0 aromatic rings. The fraction of sp³-hybridized carbons (Fsp3) is 0.938. The van der Waals surface area contributed by atoms with Gasteiger partial charge in [0, 0.05) is 25.8 Å². The Morgan fingerprint density at radius 2 is 1.85 bits per heavy atom. The molecule has 1 saturated carbocycles. The summed E-state index contributed by atoms with van der Waals surface area (Å²) >= 11 is 0. The average molecular weight is 280 g/mol. The van der Waals surface area contributed by atoms with Gasteiger partial charge in [-0.3, -0.25) is 4.79 Å². The molecule has 4 heteroatoms. The molecule has 1 aliphatic carbocycles. The lowest BCUT2D eigenvalue weighted by Gasteiger charge is -2.40. The minimum atomic E-state index is -0.684. The molecule has 20 heavy (non-hydrogen) atoms. The maximum Gasteiger partial charge on any atom is 0.243 e. The number of rotatable bonds is 1. The van der Waals surface area contributed by atoms with Gasteiger partial charge < -0.3 is 15.4 Å². The van der Waals surface area contributed by atoms with Crippen molar-refractivity contribution < 1.29 is 9.53 Å². The monoisotopic (exact) mass is 280 g/mol. The van der Waals surface area contributed by atoms with Crippen LogP contribution < -0.4 is 5.73 Å². The molecular formula is C16H28N2O2. The molecule has 2 aliphatic heterocycles. The highest BCUT2D eigenvalue weighted by Crippen LogP contribution is 2.52. The van der Waals surface area contributed by atoms with Crippen molar-refractivity contribution in [3.05, 3.63) is 0 Å². The normalized spacial score (nSPS) is 38.8. The van der Waals surface area contributed by atoms with Crippen molar-refractivity contribution >= 4 is 5.91 Å². The van der Waals surface area contributed by atoms with Crippen molar-refractivity contribution in [1.29, 1.82) is 0 Å². The van der Waals surface area contributed by atoms with Gasteiger partial charge in [0.05, 0.1) is 5.54 Å². The van der Waals surface area contributed by atoms with E-state index in [1.807, 2.05) is 0 Å². The molecule has 2 N–H and O–H groups in total. The van der Waals surface area contributed by atoms with Crippen LogP contribution in [0, 0.1) is 10.8 Å². The zero-order valence-electron chi connectivity index (χ0n) is 13.1. The van der Waals surface area contributed by atoms with Gasteiger partial charge in [0.15, 0.2) is 0 Å². The van der Waals surface area contributed by atoms with Crippen LogP contribution in [0.25, 0.3) is 0 Å². The fourth-order valence-electron chi connectivity index (χ4n) is 4.93. The second-order valence-electron chi connectivity index (χ2n) is 8.42. The second-order valence-corrected chi connectivity index (χ2v) is 8.42. The lowest BCUT2D eigenvalue weighted by Crippen LogP contribution is -2.59. The van der Waals surface area contributed by atoms with E-state index in [4.69, 9.17) is 10.5 Å². The minimum Gasteiger partial charge on any atom is -0.381 e. The van der Waals surface area contributed by atoms with Crippen molar-refractivity contribution in [1.82, 2.24) is 4.90 Å². The van der Waals surface area contributed by atoms with Gasteiger partial charge in [0.2, 0.25) is 5.91 Å². The number of fused-ring (bicyclic) bond motifs is 2. The summed E-state index contributed by atoms with van der Waals surface area (Å²) < 4.78 is 5.37. The zero-order valence-corrected chi connectivity index (χ0v) is 13.1. The van der Waals surface area contributed by atoms with Crippen LogP contribution >= 0.6 is 0 Å². The Kier molecular flexibility index (Phi) is 3.18. The highest BCUT2D eigenvalue weighted by Gasteiger charge is 2.53. The highest BCUT2D eigenvalue weighted by atomic mass is 16.5. The third-order valence-corrected chi connectivity index (χ3v) is 5.49. The van der Waals surface area contributed by atoms with Gasteiger partial charge in [0.1, 0.15) is 0 Å². The van der Waals surface area contributed by atoms with E-state index in [1.165, 1.54) is 6.42 Å². The van der Waals surface area contributed by atoms with Crippen LogP contribution in [0.3, 0.4) is 0 Å². The van der Waals surface area contributed by atoms with Crippen molar-refractivity contribution in [2.24, 2.45) is 16.6 Å². The van der Waals surface area contributed by atoms with Crippen molar-refractivity contribution in [3.63, 3.8) is 0 Å². The predicted octanol–water partition coefficient (Wildman–Crippen LogP) is 1.92. The molecule has 2 saturated heterocycles. The molecule has 4 nitrogen and oxygen atoms in total. The van der Waals surface area contributed by atoms with Crippen molar-refractivity contribution in [3.8, 4) is 0 Å². The summed E-state index contributed by atoms with van der Waals surface area (Å²) in [7, 11) is 0. The topological polar surface area (TPSA) is 55.6 Å². The molecule has 114 valence electrons. The number of hydrogen-bond donors (Lipinski definition) is 1. The number of carbonyl (C=O) groups is 1. The smallest absolute Gasteiger partial charge is 0.243 e. The van der Waals surface area contributed by atoms with E-state index >= 15 is 0 Å². The fourth-order valence-corrected chi connectivity index (χ4v) is 4.93. The molecule has 3 aliphatic rings. The molecule has 1 amide bonds. The first-order chi connectivity index (χ1) is 9.23. The van der Waals surface area contributed by atoms with Gasteiger partial charge in [0.25, 0.3) is 0 Å². The van der Waals surface area contributed by atoms with Gasteiger partial charge in [-0.25, -0.2) is 0 Å². The van der Waals surface area contributed by atoms with E-state index in [9.17, 15) is 4.79 Å². The second kappa shape index (κ2) is 4.44. The maximum atomic E-state index is 13.0. The van der Waals surface area contributed by atoms with Crippen LogP contribution in [0.15, 0.2) is 0 Å². The van der Waals surface area contributed by atoms with E-state index in [0.29, 0.717) is 37.5 Å². The summed E-state index contributed by atoms with van der Waals surface area (Å²) in [6.07, 6.45) is 4.79. The Bertz CT molecular complexity index is 415. The van der Waals surface area contributed by atoms with E-state index in [0.717, 1.165) is 19.4 Å². The van der Waals surface area contributed by atoms with E-state index in [-0.39, 0.29) is 11.3 Å².